The fourth-order valence-corrected chi connectivity index (χ4v) is 1.81. The van der Waals surface area contributed by atoms with Crippen molar-refractivity contribution in [2.24, 2.45) is 0 Å². The molecule has 2 rings (SSSR count). The van der Waals surface area contributed by atoms with Crippen LogP contribution in [0.2, 0.25) is 0 Å². The van der Waals surface area contributed by atoms with E-state index in [0.717, 1.165) is 16.2 Å². The van der Waals surface area contributed by atoms with Crippen molar-refractivity contribution < 1.29 is 5.11 Å². The summed E-state index contributed by atoms with van der Waals surface area (Å²) >= 11 is 1.50. The predicted molar refractivity (Wildman–Crippen MR) is 61.9 cm³/mol. The number of nitrogen functional groups attached to an aromatic ring is 1. The largest absolute Gasteiger partial charge is 0.507 e. The second-order valence-corrected chi connectivity index (χ2v) is 3.94. The van der Waals surface area contributed by atoms with E-state index >= 15 is 0 Å². The second kappa shape index (κ2) is 3.86. The van der Waals surface area contributed by atoms with Gasteiger partial charge in [-0.15, -0.1) is 11.8 Å². The molecule has 0 saturated carbocycles. The molecule has 0 aliphatic heterocycles. The van der Waals surface area contributed by atoms with Crippen LogP contribution in [0.25, 0.3) is 11.3 Å². The quantitative estimate of drug-likeness (QED) is 0.679. The first kappa shape index (κ1) is 9.92. The highest BCUT2D eigenvalue weighted by molar-refractivity contribution is 7.98. The van der Waals surface area contributed by atoms with Crippen LogP contribution in [-0.4, -0.2) is 21.6 Å². The van der Waals surface area contributed by atoms with E-state index in [2.05, 4.69) is 10.2 Å². The Bertz CT molecular complexity index is 481. The lowest BCUT2D eigenvalue weighted by Gasteiger charge is -2.03. The minimum absolute atomic E-state index is 0.271. The number of H-pyrrole nitrogens is 1. The molecule has 0 unspecified atom stereocenters. The smallest absolute Gasteiger partial charge is 0.145 e. The normalized spacial score (nSPS) is 10.5. The molecule has 0 bridgehead atoms. The van der Waals surface area contributed by atoms with Crippen LogP contribution >= 0.6 is 11.8 Å². The van der Waals surface area contributed by atoms with Gasteiger partial charge in [0.05, 0.1) is 5.69 Å². The molecular formula is C10H11N3OS. The molecule has 5 heteroatoms. The van der Waals surface area contributed by atoms with Gasteiger partial charge in [-0.1, -0.05) is 6.07 Å². The molecule has 0 spiro atoms. The van der Waals surface area contributed by atoms with Gasteiger partial charge in [-0.25, -0.2) is 0 Å². The standard InChI is InChI=1S/C10H11N3OS/c1-15-9-3-2-6(4-8(9)14)7-5-10(11)13-12-7/h2-5,14H,1H3,(H3,11,12,13). The Morgan fingerprint density at radius 3 is 2.73 bits per heavy atom. The van der Waals surface area contributed by atoms with E-state index in [1.54, 1.807) is 12.1 Å². The molecule has 0 atom stereocenters. The number of aromatic hydroxyl groups is 1. The summed E-state index contributed by atoms with van der Waals surface area (Å²) in [7, 11) is 0. The number of rotatable bonds is 2. The Kier molecular flexibility index (Phi) is 2.55. The lowest BCUT2D eigenvalue weighted by Crippen LogP contribution is -1.81. The molecule has 78 valence electrons. The minimum Gasteiger partial charge on any atom is -0.507 e. The molecule has 0 saturated heterocycles. The van der Waals surface area contributed by atoms with Crippen LogP contribution < -0.4 is 5.73 Å². The van der Waals surface area contributed by atoms with Crippen molar-refractivity contribution >= 4 is 17.6 Å². The van der Waals surface area contributed by atoms with Gasteiger partial charge in [-0.2, -0.15) is 5.10 Å². The number of aromatic nitrogens is 2. The third kappa shape index (κ3) is 1.92. The maximum atomic E-state index is 9.67. The van der Waals surface area contributed by atoms with Crippen molar-refractivity contribution in [3.63, 3.8) is 0 Å². The highest BCUT2D eigenvalue weighted by atomic mass is 32.2. The van der Waals surface area contributed by atoms with Gasteiger partial charge in [0.25, 0.3) is 0 Å². The molecular weight excluding hydrogens is 210 g/mol. The van der Waals surface area contributed by atoms with Crippen LogP contribution in [0.1, 0.15) is 0 Å². The second-order valence-electron chi connectivity index (χ2n) is 3.09. The number of thioether (sulfide) groups is 1. The van der Waals surface area contributed by atoms with Crippen molar-refractivity contribution in [2.75, 3.05) is 12.0 Å². The average molecular weight is 221 g/mol. The molecule has 0 aliphatic carbocycles. The zero-order chi connectivity index (χ0) is 10.8. The molecule has 1 heterocycles. The van der Waals surface area contributed by atoms with E-state index in [9.17, 15) is 5.11 Å². The number of phenolic OH excluding ortho intramolecular Hbond substituents is 1. The molecule has 1 aromatic carbocycles. The summed E-state index contributed by atoms with van der Waals surface area (Å²) in [6.45, 7) is 0. The first-order chi connectivity index (χ1) is 7.20. The van der Waals surface area contributed by atoms with E-state index < -0.39 is 0 Å². The number of nitrogens with two attached hydrogens (primary N) is 1. The van der Waals surface area contributed by atoms with Crippen molar-refractivity contribution in [3.05, 3.63) is 24.3 Å². The lowest BCUT2D eigenvalue weighted by atomic mass is 10.1. The Morgan fingerprint density at radius 1 is 1.40 bits per heavy atom. The zero-order valence-corrected chi connectivity index (χ0v) is 9.01. The first-order valence-corrected chi connectivity index (χ1v) is 5.61. The van der Waals surface area contributed by atoms with Gasteiger partial charge in [0.1, 0.15) is 11.6 Å². The monoisotopic (exact) mass is 221 g/mol. The van der Waals surface area contributed by atoms with Crippen LogP contribution in [0.4, 0.5) is 5.82 Å². The first-order valence-electron chi connectivity index (χ1n) is 4.39. The maximum Gasteiger partial charge on any atom is 0.145 e. The molecule has 1 aromatic heterocycles. The number of nitrogens with zero attached hydrogens (tertiary/aromatic N) is 1. The lowest BCUT2D eigenvalue weighted by molar-refractivity contribution is 0.463. The third-order valence-corrected chi connectivity index (χ3v) is 2.87. The number of hydrogen-bond donors (Lipinski definition) is 3. The Labute approximate surface area is 91.5 Å². The minimum atomic E-state index is 0.271. The van der Waals surface area contributed by atoms with Crippen LogP contribution in [0.5, 0.6) is 5.75 Å². The molecule has 4 N–H and O–H groups in total. The summed E-state index contributed by atoms with van der Waals surface area (Å²) in [4.78, 5) is 0.853. The van der Waals surface area contributed by atoms with Gasteiger partial charge in [0.2, 0.25) is 0 Å². The van der Waals surface area contributed by atoms with E-state index in [4.69, 9.17) is 5.73 Å². The topological polar surface area (TPSA) is 74.9 Å². The molecule has 0 radical (unpaired) electrons. The van der Waals surface area contributed by atoms with Crippen molar-refractivity contribution in [2.45, 2.75) is 4.90 Å². The average Bonchev–Trinajstić information content (AvgIpc) is 2.65. The Hall–Kier alpha value is -1.62. The van der Waals surface area contributed by atoms with Crippen molar-refractivity contribution in [1.82, 2.24) is 10.2 Å². The zero-order valence-electron chi connectivity index (χ0n) is 8.19. The van der Waals surface area contributed by atoms with E-state index in [0.29, 0.717) is 5.82 Å². The number of hydrogen-bond acceptors (Lipinski definition) is 4. The van der Waals surface area contributed by atoms with Crippen LogP contribution in [-0.2, 0) is 0 Å². The highest BCUT2D eigenvalue weighted by Crippen LogP contribution is 2.31. The summed E-state index contributed by atoms with van der Waals surface area (Å²) in [6, 6.07) is 7.21. The van der Waals surface area contributed by atoms with E-state index in [1.165, 1.54) is 11.8 Å². The van der Waals surface area contributed by atoms with Crippen LogP contribution in [0.3, 0.4) is 0 Å². The Morgan fingerprint density at radius 2 is 2.20 bits per heavy atom. The number of benzene rings is 1. The van der Waals surface area contributed by atoms with Crippen molar-refractivity contribution in [3.8, 4) is 17.0 Å². The van der Waals surface area contributed by atoms with Crippen molar-refractivity contribution in [1.29, 1.82) is 0 Å². The number of anilines is 1. The van der Waals surface area contributed by atoms with Gasteiger partial charge in [0, 0.05) is 16.5 Å². The van der Waals surface area contributed by atoms with Gasteiger partial charge >= 0.3 is 0 Å². The summed E-state index contributed by atoms with van der Waals surface area (Å²) < 4.78 is 0. The molecule has 0 aliphatic rings. The van der Waals surface area contributed by atoms with Gasteiger partial charge in [0.15, 0.2) is 0 Å². The Balaban J connectivity index is 2.42. The maximum absolute atomic E-state index is 9.67. The van der Waals surface area contributed by atoms with E-state index in [1.807, 2.05) is 18.4 Å². The van der Waals surface area contributed by atoms with E-state index in [-0.39, 0.29) is 5.75 Å². The van der Waals surface area contributed by atoms with Gasteiger partial charge < -0.3 is 10.8 Å². The third-order valence-electron chi connectivity index (χ3n) is 2.09. The summed E-state index contributed by atoms with van der Waals surface area (Å²) in [6.07, 6.45) is 1.92. The number of aromatic amines is 1. The number of nitrogens with one attached hydrogen (secondary N) is 1. The highest BCUT2D eigenvalue weighted by Gasteiger charge is 2.05. The number of phenols is 1. The molecule has 15 heavy (non-hydrogen) atoms. The summed E-state index contributed by atoms with van der Waals surface area (Å²) in [5, 5.41) is 16.3. The van der Waals surface area contributed by atoms with Gasteiger partial charge in [-0.3, -0.25) is 5.10 Å². The molecule has 0 fully saturated rings. The van der Waals surface area contributed by atoms with Crippen LogP contribution in [0.15, 0.2) is 29.2 Å². The SMILES string of the molecule is CSc1ccc(-c2cc(N)n[nH]2)cc1O. The molecule has 4 nitrogen and oxygen atoms in total. The molecule has 2 aromatic rings. The fourth-order valence-electron chi connectivity index (χ4n) is 1.34. The predicted octanol–water partition coefficient (Wildman–Crippen LogP) is 2.09. The van der Waals surface area contributed by atoms with Gasteiger partial charge in [-0.05, 0) is 18.4 Å². The fraction of sp³-hybridized carbons (Fsp3) is 0.100. The summed E-state index contributed by atoms with van der Waals surface area (Å²) in [5.74, 6) is 0.714. The molecule has 0 amide bonds. The van der Waals surface area contributed by atoms with Crippen LogP contribution in [0, 0.1) is 0 Å². The summed E-state index contributed by atoms with van der Waals surface area (Å²) in [5.41, 5.74) is 7.17.